The highest BCUT2D eigenvalue weighted by atomic mass is 32.1. The summed E-state index contributed by atoms with van der Waals surface area (Å²) in [5.74, 6) is 0. The molecule has 1 aromatic rings. The Morgan fingerprint density at radius 1 is 1.73 bits per heavy atom. The molecule has 1 unspecified atom stereocenters. The number of hydrogen-bond donors (Lipinski definition) is 1. The smallest absolute Gasteiger partial charge is 0.0898 e. The lowest BCUT2D eigenvalue weighted by Crippen LogP contribution is -1.92. The predicted molar refractivity (Wildman–Crippen MR) is 46.7 cm³/mol. The van der Waals surface area contributed by atoms with E-state index in [0.717, 1.165) is 22.7 Å². The average Bonchev–Trinajstić information content (AvgIpc) is 2.36. The summed E-state index contributed by atoms with van der Waals surface area (Å²) in [7, 11) is 0. The molecule has 0 saturated heterocycles. The van der Waals surface area contributed by atoms with Crippen molar-refractivity contribution < 1.29 is 5.11 Å². The highest BCUT2D eigenvalue weighted by molar-refractivity contribution is 7.11. The molecule has 0 aliphatic heterocycles. The van der Waals surface area contributed by atoms with Gasteiger partial charge in [-0.2, -0.15) is 0 Å². The standard InChI is InChI=1S/C8H13NOS/c1-3-4-7(10)8-5-9-6(2)11-8/h5,7,10H,3-4H2,1-2H3. The zero-order valence-electron chi connectivity index (χ0n) is 6.87. The van der Waals surface area contributed by atoms with Crippen molar-refractivity contribution in [2.75, 3.05) is 0 Å². The second kappa shape index (κ2) is 3.83. The van der Waals surface area contributed by atoms with E-state index in [4.69, 9.17) is 0 Å². The van der Waals surface area contributed by atoms with Gasteiger partial charge in [-0.3, -0.25) is 0 Å². The molecule has 1 rings (SSSR count). The van der Waals surface area contributed by atoms with Crippen LogP contribution in [0.3, 0.4) is 0 Å². The number of aryl methyl sites for hydroxylation is 1. The Labute approximate surface area is 70.9 Å². The van der Waals surface area contributed by atoms with Crippen molar-refractivity contribution >= 4 is 11.3 Å². The van der Waals surface area contributed by atoms with Gasteiger partial charge in [-0.25, -0.2) is 4.98 Å². The second-order valence-electron chi connectivity index (χ2n) is 2.59. The first-order valence-electron chi connectivity index (χ1n) is 3.84. The minimum Gasteiger partial charge on any atom is -0.388 e. The number of thiazole rings is 1. The maximum atomic E-state index is 9.50. The predicted octanol–water partition coefficient (Wildman–Crippen LogP) is 2.29. The van der Waals surface area contributed by atoms with Gasteiger partial charge in [0.2, 0.25) is 0 Å². The SMILES string of the molecule is CCCC(O)c1cnc(C)s1. The van der Waals surface area contributed by atoms with Gasteiger partial charge in [0.1, 0.15) is 0 Å². The van der Waals surface area contributed by atoms with Gasteiger partial charge in [0.15, 0.2) is 0 Å². The monoisotopic (exact) mass is 171 g/mol. The average molecular weight is 171 g/mol. The molecule has 2 nitrogen and oxygen atoms in total. The van der Waals surface area contributed by atoms with Crippen molar-refractivity contribution in [1.82, 2.24) is 4.98 Å². The largest absolute Gasteiger partial charge is 0.388 e. The van der Waals surface area contributed by atoms with Crippen molar-refractivity contribution in [2.24, 2.45) is 0 Å². The molecule has 62 valence electrons. The summed E-state index contributed by atoms with van der Waals surface area (Å²) in [5.41, 5.74) is 0. The zero-order chi connectivity index (χ0) is 8.27. The van der Waals surface area contributed by atoms with E-state index >= 15 is 0 Å². The molecule has 0 aliphatic carbocycles. The van der Waals surface area contributed by atoms with Crippen molar-refractivity contribution in [3.05, 3.63) is 16.1 Å². The Balaban J connectivity index is 2.60. The summed E-state index contributed by atoms with van der Waals surface area (Å²) in [4.78, 5) is 5.07. The van der Waals surface area contributed by atoms with Gasteiger partial charge in [0.05, 0.1) is 16.0 Å². The number of aliphatic hydroxyl groups excluding tert-OH is 1. The Morgan fingerprint density at radius 3 is 2.91 bits per heavy atom. The fraction of sp³-hybridized carbons (Fsp3) is 0.625. The molecule has 0 aliphatic rings. The number of hydrogen-bond acceptors (Lipinski definition) is 3. The molecule has 0 saturated carbocycles. The zero-order valence-corrected chi connectivity index (χ0v) is 7.69. The van der Waals surface area contributed by atoms with Gasteiger partial charge in [-0.15, -0.1) is 11.3 Å². The van der Waals surface area contributed by atoms with Gasteiger partial charge >= 0.3 is 0 Å². The lowest BCUT2D eigenvalue weighted by Gasteiger charge is -2.03. The summed E-state index contributed by atoms with van der Waals surface area (Å²) < 4.78 is 0. The Kier molecular flexibility index (Phi) is 3.02. The Hall–Kier alpha value is -0.410. The number of nitrogens with zero attached hydrogens (tertiary/aromatic N) is 1. The van der Waals surface area contributed by atoms with Crippen LogP contribution in [0.1, 0.15) is 35.8 Å². The van der Waals surface area contributed by atoms with Crippen LogP contribution in [0.15, 0.2) is 6.20 Å². The van der Waals surface area contributed by atoms with Crippen LogP contribution < -0.4 is 0 Å². The number of aromatic nitrogens is 1. The second-order valence-corrected chi connectivity index (χ2v) is 3.85. The minimum atomic E-state index is -0.300. The lowest BCUT2D eigenvalue weighted by molar-refractivity contribution is 0.170. The van der Waals surface area contributed by atoms with E-state index in [0.29, 0.717) is 0 Å². The highest BCUT2D eigenvalue weighted by Gasteiger charge is 2.08. The van der Waals surface area contributed by atoms with Crippen molar-refractivity contribution in [2.45, 2.75) is 32.8 Å². The number of aliphatic hydroxyl groups is 1. The van der Waals surface area contributed by atoms with Crippen LogP contribution in [0.5, 0.6) is 0 Å². The molecule has 0 spiro atoms. The quantitative estimate of drug-likeness (QED) is 0.757. The first-order chi connectivity index (χ1) is 5.24. The van der Waals surface area contributed by atoms with Crippen LogP contribution in [-0.4, -0.2) is 10.1 Å². The van der Waals surface area contributed by atoms with E-state index < -0.39 is 0 Å². The van der Waals surface area contributed by atoms with E-state index in [1.165, 1.54) is 0 Å². The van der Waals surface area contributed by atoms with Gasteiger partial charge in [0.25, 0.3) is 0 Å². The summed E-state index contributed by atoms with van der Waals surface area (Å²) >= 11 is 1.57. The van der Waals surface area contributed by atoms with Crippen molar-refractivity contribution in [1.29, 1.82) is 0 Å². The Morgan fingerprint density at radius 2 is 2.45 bits per heavy atom. The molecule has 0 radical (unpaired) electrons. The molecule has 1 atom stereocenters. The van der Waals surface area contributed by atoms with E-state index in [1.807, 2.05) is 6.92 Å². The highest BCUT2D eigenvalue weighted by Crippen LogP contribution is 2.23. The molecular formula is C8H13NOS. The third-order valence-electron chi connectivity index (χ3n) is 1.53. The molecule has 0 amide bonds. The van der Waals surface area contributed by atoms with Gasteiger partial charge in [-0.1, -0.05) is 13.3 Å². The van der Waals surface area contributed by atoms with Crippen molar-refractivity contribution in [3.8, 4) is 0 Å². The third kappa shape index (κ3) is 2.27. The summed E-state index contributed by atoms with van der Waals surface area (Å²) in [5, 5.41) is 10.5. The van der Waals surface area contributed by atoms with Crippen LogP contribution in [0.2, 0.25) is 0 Å². The summed E-state index contributed by atoms with van der Waals surface area (Å²) in [6.45, 7) is 4.02. The van der Waals surface area contributed by atoms with E-state index in [-0.39, 0.29) is 6.10 Å². The maximum absolute atomic E-state index is 9.50. The first kappa shape index (κ1) is 8.68. The molecule has 0 fully saturated rings. The first-order valence-corrected chi connectivity index (χ1v) is 4.66. The molecule has 1 aromatic heterocycles. The van der Waals surface area contributed by atoms with Crippen LogP contribution in [0.4, 0.5) is 0 Å². The normalized spacial score (nSPS) is 13.4. The van der Waals surface area contributed by atoms with Gasteiger partial charge < -0.3 is 5.11 Å². The van der Waals surface area contributed by atoms with Gasteiger partial charge in [-0.05, 0) is 13.3 Å². The van der Waals surface area contributed by atoms with E-state index in [9.17, 15) is 5.11 Å². The van der Waals surface area contributed by atoms with Crippen LogP contribution in [-0.2, 0) is 0 Å². The van der Waals surface area contributed by atoms with Crippen molar-refractivity contribution in [3.63, 3.8) is 0 Å². The minimum absolute atomic E-state index is 0.300. The Bertz CT molecular complexity index is 222. The molecule has 3 heteroatoms. The molecular weight excluding hydrogens is 158 g/mol. The fourth-order valence-corrected chi connectivity index (χ4v) is 1.75. The van der Waals surface area contributed by atoms with Crippen LogP contribution >= 0.6 is 11.3 Å². The molecule has 11 heavy (non-hydrogen) atoms. The molecule has 1 N–H and O–H groups in total. The molecule has 0 bridgehead atoms. The molecule has 1 heterocycles. The number of rotatable bonds is 3. The van der Waals surface area contributed by atoms with E-state index in [2.05, 4.69) is 11.9 Å². The maximum Gasteiger partial charge on any atom is 0.0898 e. The topological polar surface area (TPSA) is 33.1 Å². The van der Waals surface area contributed by atoms with E-state index in [1.54, 1.807) is 17.5 Å². The lowest BCUT2D eigenvalue weighted by atomic mass is 10.2. The molecule has 0 aromatic carbocycles. The third-order valence-corrected chi connectivity index (χ3v) is 2.54. The fourth-order valence-electron chi connectivity index (χ4n) is 0.948. The summed E-state index contributed by atoms with van der Waals surface area (Å²) in [6, 6.07) is 0. The summed E-state index contributed by atoms with van der Waals surface area (Å²) in [6.07, 6.45) is 3.31. The van der Waals surface area contributed by atoms with Crippen LogP contribution in [0, 0.1) is 6.92 Å². The van der Waals surface area contributed by atoms with Gasteiger partial charge in [0, 0.05) is 6.20 Å². The van der Waals surface area contributed by atoms with Crippen LogP contribution in [0.25, 0.3) is 0 Å².